The van der Waals surface area contributed by atoms with Crippen LogP contribution in [-0.4, -0.2) is 322 Å². The summed E-state index contributed by atoms with van der Waals surface area (Å²) < 4.78 is 78.4. The molecule has 0 aliphatic carbocycles. The van der Waals surface area contributed by atoms with Crippen molar-refractivity contribution in [3.05, 3.63) is 29.8 Å². The second-order valence-corrected chi connectivity index (χ2v) is 25.0. The monoisotopic (exact) mass is 1410 g/mol. The smallest absolute Gasteiger partial charge is 0.251 e. The fraction of sp³-hybridized carbons (Fsp3) is 0.794. The molecule has 98 heavy (non-hydrogen) atoms. The van der Waals surface area contributed by atoms with Gasteiger partial charge in [-0.3, -0.25) is 24.0 Å². The van der Waals surface area contributed by atoms with Gasteiger partial charge in [-0.05, 0) is 38.0 Å². The van der Waals surface area contributed by atoms with E-state index in [0.29, 0.717) is 18.6 Å². The number of ether oxygens (including phenoxy) is 13. The van der Waals surface area contributed by atoms with Crippen LogP contribution in [0.4, 0.5) is 0 Å². The third kappa shape index (κ3) is 20.6. The molecule has 5 amide bonds. The van der Waals surface area contributed by atoms with Crippen molar-refractivity contribution >= 4 is 29.5 Å². The molecule has 6 saturated heterocycles. The third-order valence-corrected chi connectivity index (χ3v) is 17.6. The van der Waals surface area contributed by atoms with E-state index in [9.17, 15) is 85.3 Å². The highest BCUT2D eigenvalue weighted by Crippen LogP contribution is 2.37. The van der Waals surface area contributed by atoms with Gasteiger partial charge in [0, 0.05) is 53.2 Å². The molecule has 0 bridgehead atoms. The predicted octanol–water partition coefficient (Wildman–Crippen LogP) is -6.59. The van der Waals surface area contributed by atoms with Gasteiger partial charge >= 0.3 is 0 Å². The van der Waals surface area contributed by atoms with E-state index < -0.39 is 240 Å². The first-order valence-electron chi connectivity index (χ1n) is 32.9. The molecule has 19 unspecified atom stereocenters. The van der Waals surface area contributed by atoms with Gasteiger partial charge in [-0.25, -0.2) is 0 Å². The van der Waals surface area contributed by atoms with E-state index in [1.165, 1.54) is 33.1 Å². The molecule has 35 heteroatoms. The molecular weight excluding hydrogens is 1310 g/mol. The van der Waals surface area contributed by atoms with E-state index in [4.69, 9.17) is 61.6 Å². The van der Waals surface area contributed by atoms with Crippen LogP contribution in [-0.2, 0) is 76.0 Å². The molecule has 35 nitrogen and oxygen atoms in total. The van der Waals surface area contributed by atoms with Crippen LogP contribution >= 0.6 is 0 Å². The van der Waals surface area contributed by atoms with Crippen LogP contribution in [0.2, 0.25) is 0 Å². The molecule has 17 N–H and O–H groups in total. The number of benzene rings is 1. The molecule has 6 aliphatic heterocycles. The number of carbonyl (C=O) groups excluding carboxylic acids is 5. The minimum atomic E-state index is -2.05. The number of aliphatic hydroxyl groups excluding tert-OH is 12. The first-order valence-corrected chi connectivity index (χ1v) is 32.9. The van der Waals surface area contributed by atoms with Crippen LogP contribution in [0.3, 0.4) is 0 Å². The lowest BCUT2D eigenvalue weighted by Crippen LogP contribution is -2.72. The quantitative estimate of drug-likeness (QED) is 0.0251. The van der Waals surface area contributed by atoms with Crippen molar-refractivity contribution in [2.24, 2.45) is 0 Å². The van der Waals surface area contributed by atoms with Gasteiger partial charge in [-0.15, -0.1) is 11.8 Å². The lowest BCUT2D eigenvalue weighted by Gasteiger charge is -2.51. The van der Waals surface area contributed by atoms with Crippen LogP contribution < -0.4 is 31.3 Å². The average Bonchev–Trinajstić information content (AvgIpc) is 0.773. The molecule has 0 aromatic heterocycles. The van der Waals surface area contributed by atoms with Crippen LogP contribution in [0.15, 0.2) is 24.3 Å². The number of rotatable bonds is 30. The van der Waals surface area contributed by atoms with E-state index in [1.807, 2.05) is 0 Å². The van der Waals surface area contributed by atoms with Crippen LogP contribution in [0.25, 0.3) is 0 Å². The predicted molar refractivity (Wildman–Crippen MR) is 331 cm³/mol. The third-order valence-electron chi connectivity index (χ3n) is 17.6. The van der Waals surface area contributed by atoms with E-state index >= 15 is 0 Å². The van der Waals surface area contributed by atoms with Crippen molar-refractivity contribution in [3.63, 3.8) is 0 Å². The second kappa shape index (κ2) is 38.3. The van der Waals surface area contributed by atoms with Crippen LogP contribution in [0, 0.1) is 11.8 Å². The number of methoxy groups -OCH3 is 1. The fourth-order valence-corrected chi connectivity index (χ4v) is 12.5. The minimum absolute atomic E-state index is 0.0403. The molecule has 556 valence electrons. The maximum Gasteiger partial charge on any atom is 0.251 e. The van der Waals surface area contributed by atoms with Crippen molar-refractivity contribution in [3.8, 4) is 17.6 Å². The summed E-state index contributed by atoms with van der Waals surface area (Å²) in [7, 11) is 1.25. The molecule has 7 rings (SSSR count). The summed E-state index contributed by atoms with van der Waals surface area (Å²) >= 11 is 0. The zero-order chi connectivity index (χ0) is 71.7. The number of amides is 5. The fourth-order valence-electron chi connectivity index (χ4n) is 12.5. The molecule has 0 radical (unpaired) electrons. The normalized spacial score (nSPS) is 38.9. The number of hydrogen-bond donors (Lipinski definition) is 17. The van der Waals surface area contributed by atoms with Crippen molar-refractivity contribution in [1.29, 1.82) is 0 Å². The summed E-state index contributed by atoms with van der Waals surface area (Å²) in [5.41, 5.74) is 0.0403. The summed E-state index contributed by atoms with van der Waals surface area (Å²) in [5.74, 6) is 2.84. The maximum atomic E-state index is 13.9. The molecular formula is C63H99N5O30. The summed E-state index contributed by atoms with van der Waals surface area (Å²) in [5, 5.41) is 148. The molecule has 29 atom stereocenters. The number of aliphatic hydroxyl groups is 12. The molecule has 6 aliphatic rings. The highest BCUT2D eigenvalue weighted by atomic mass is 16.8. The van der Waals surface area contributed by atoms with Gasteiger partial charge in [-0.2, -0.15) is 0 Å². The summed E-state index contributed by atoms with van der Waals surface area (Å²) in [4.78, 5) is 65.1. The summed E-state index contributed by atoms with van der Waals surface area (Å²) in [6.45, 7) is 3.59. The molecule has 1 aromatic carbocycles. The van der Waals surface area contributed by atoms with Crippen molar-refractivity contribution in [2.45, 2.75) is 264 Å². The first kappa shape index (κ1) is 80.3. The number of nitrogens with one attached hydrogen (secondary N) is 5. The Morgan fingerprint density at radius 2 is 0.959 bits per heavy atom. The molecule has 0 saturated carbocycles. The largest absolute Gasteiger partial charge is 0.494 e. The van der Waals surface area contributed by atoms with Gasteiger partial charge < -0.3 is 149 Å². The number of unbranched alkanes of at least 4 members (excludes halogenated alkanes) is 5. The first-order chi connectivity index (χ1) is 46.8. The Kier molecular flexibility index (Phi) is 31.4. The van der Waals surface area contributed by atoms with E-state index in [1.54, 1.807) is 12.1 Å². The average molecular weight is 1410 g/mol. The Morgan fingerprint density at radius 3 is 1.42 bits per heavy atom. The number of hydrogen-bond acceptors (Lipinski definition) is 30. The van der Waals surface area contributed by atoms with E-state index in [0.717, 1.165) is 52.9 Å². The van der Waals surface area contributed by atoms with Gasteiger partial charge in [0.1, 0.15) is 140 Å². The van der Waals surface area contributed by atoms with E-state index in [-0.39, 0.29) is 18.8 Å². The maximum absolute atomic E-state index is 13.9. The highest BCUT2D eigenvalue weighted by molar-refractivity contribution is 5.94. The summed E-state index contributed by atoms with van der Waals surface area (Å²) in [6, 6.07) is -1.91. The van der Waals surface area contributed by atoms with Crippen LogP contribution in [0.5, 0.6) is 5.75 Å². The Morgan fingerprint density at radius 1 is 0.500 bits per heavy atom. The molecule has 1 aromatic rings. The van der Waals surface area contributed by atoms with Gasteiger partial charge in [0.15, 0.2) is 31.5 Å². The van der Waals surface area contributed by atoms with Crippen molar-refractivity contribution in [1.82, 2.24) is 26.6 Å². The Bertz CT molecular complexity index is 2760. The SMILES string of the molecule is CCCCCCC#CCCCOc1cccc(C(=O)NC2C(O[C@@H]3C(CO)OC(OC4C(CO)O[C@@H](O[C@@H]5C(CO)O[C@@H](OC6C(CO[C@@H]7OC(C)C(O)C(O)C7OC)OC[C@@H](NC(C)=O)[C@H]6O)C(NC(C)=O)C5O)[C@@H](NC(C)=O)[C@H]4O)C(NC(C)=O)C3O)OC(CO)[C@@H](O)C2O)c1. The Balaban J connectivity index is 1.07. The standard InChI is InChI=1S/C63H99N5O30/c1-8-9-10-11-12-13-14-15-16-20-87-34-19-17-18-33(21-34)58(85)68-41-48(80)47(79)36(22-69)91-59(41)95-53-37(23-70)92-60(42(49(53)81)65-30(4)74)96-54-38(24-71)93-61(43(50(54)82)66-31(5)75)97-55-39(25-72)94-62(44(51(55)83)67-32(6)76)98-56-40(88-26-35(46(56)78)64-29(3)73)27-89-63-57(86-7)52(84)45(77)28(2)90-63/h17-19,21,28,35-57,59-63,69-72,77-84H,8-12,15-16,20,22-27H2,1-7H3,(H,64,73)(H,65,74)(H,66,75)(H,67,76)(H,68,85)/t28?,35-,36?,37?,38?,39?,40?,41?,42?,43+,44?,45?,46-,47-,48?,49?,50-,51?,52?,53-,54?,55-,56?,57?,59?,60?,61+,62+,63-/m1/s1. The van der Waals surface area contributed by atoms with Gasteiger partial charge in [-0.1, -0.05) is 32.3 Å². The van der Waals surface area contributed by atoms with Crippen molar-refractivity contribution in [2.75, 3.05) is 53.4 Å². The molecule has 6 heterocycles. The van der Waals surface area contributed by atoms with Gasteiger partial charge in [0.25, 0.3) is 5.91 Å². The highest BCUT2D eigenvalue weighted by Gasteiger charge is 2.58. The zero-order valence-electron chi connectivity index (χ0n) is 55.7. The topological polar surface area (TPSA) is 508 Å². The lowest BCUT2D eigenvalue weighted by atomic mass is 9.93. The Hall–Kier alpha value is -5.03. The summed E-state index contributed by atoms with van der Waals surface area (Å²) in [6.07, 6.45) is -33.6. The second-order valence-electron chi connectivity index (χ2n) is 25.0. The van der Waals surface area contributed by atoms with Gasteiger partial charge in [0.2, 0.25) is 23.6 Å². The van der Waals surface area contributed by atoms with Crippen molar-refractivity contribution < 1.29 is 147 Å². The zero-order valence-corrected chi connectivity index (χ0v) is 55.7. The lowest BCUT2D eigenvalue weighted by molar-refractivity contribution is -0.366. The van der Waals surface area contributed by atoms with Crippen LogP contribution in [0.1, 0.15) is 96.8 Å². The number of carbonyl (C=O) groups is 5. The minimum Gasteiger partial charge on any atom is -0.494 e. The van der Waals surface area contributed by atoms with Gasteiger partial charge in [0.05, 0.1) is 58.4 Å². The molecule has 0 spiro atoms. The van der Waals surface area contributed by atoms with E-state index in [2.05, 4.69) is 45.3 Å². The molecule has 6 fully saturated rings. The Labute approximate surface area is 566 Å².